The van der Waals surface area contributed by atoms with Crippen LogP contribution in [0.5, 0.6) is 0 Å². The molecule has 0 spiro atoms. The first-order chi connectivity index (χ1) is 8.70. The summed E-state index contributed by atoms with van der Waals surface area (Å²) in [5, 5.41) is 0. The maximum atomic E-state index is 5.71. The molecule has 0 bridgehead atoms. The van der Waals surface area contributed by atoms with Gasteiger partial charge in [-0.2, -0.15) is 0 Å². The summed E-state index contributed by atoms with van der Waals surface area (Å²) >= 11 is 0. The molecule has 3 heteroatoms. The summed E-state index contributed by atoms with van der Waals surface area (Å²) in [6.07, 6.45) is 1.78. The van der Waals surface area contributed by atoms with E-state index in [9.17, 15) is 0 Å². The second-order valence-electron chi connectivity index (χ2n) is 4.52. The number of anilines is 1. The maximum Gasteiger partial charge on any atom is 0.0772 e. The number of nitrogens with zero attached hydrogens (tertiary/aromatic N) is 2. The smallest absolute Gasteiger partial charge is 0.0772 e. The van der Waals surface area contributed by atoms with Gasteiger partial charge in [0, 0.05) is 26.3 Å². The van der Waals surface area contributed by atoms with Gasteiger partial charge in [0.1, 0.15) is 0 Å². The third-order valence-electron chi connectivity index (χ3n) is 3.01. The second kappa shape index (κ2) is 5.65. The summed E-state index contributed by atoms with van der Waals surface area (Å²) in [7, 11) is 2.07. The van der Waals surface area contributed by atoms with Crippen molar-refractivity contribution in [3.05, 3.63) is 59.4 Å². The lowest BCUT2D eigenvalue weighted by Gasteiger charge is -2.21. The average molecular weight is 241 g/mol. The molecule has 0 aliphatic rings. The highest BCUT2D eigenvalue weighted by Crippen LogP contribution is 2.18. The predicted octanol–water partition coefficient (Wildman–Crippen LogP) is 2.49. The molecule has 0 saturated heterocycles. The summed E-state index contributed by atoms with van der Waals surface area (Å²) in [6.45, 7) is 3.43. The maximum absolute atomic E-state index is 5.71. The fraction of sp³-hybridized carbons (Fsp3) is 0.267. The number of hydrogen-bond donors (Lipinski definition) is 1. The molecular weight excluding hydrogens is 222 g/mol. The lowest BCUT2D eigenvalue weighted by Crippen LogP contribution is -2.19. The van der Waals surface area contributed by atoms with Crippen LogP contribution in [-0.4, -0.2) is 12.0 Å². The normalized spacial score (nSPS) is 10.4. The topological polar surface area (TPSA) is 42.2 Å². The van der Waals surface area contributed by atoms with Crippen LogP contribution in [0.1, 0.15) is 16.8 Å². The summed E-state index contributed by atoms with van der Waals surface area (Å²) in [6, 6.07) is 12.6. The summed E-state index contributed by atoms with van der Waals surface area (Å²) in [5.74, 6) is 0. The Balaban J connectivity index is 2.16. The molecule has 3 nitrogen and oxygen atoms in total. The van der Waals surface area contributed by atoms with Gasteiger partial charge in [0.2, 0.25) is 0 Å². The van der Waals surface area contributed by atoms with Gasteiger partial charge in [-0.1, -0.05) is 29.8 Å². The van der Waals surface area contributed by atoms with Crippen molar-refractivity contribution in [2.24, 2.45) is 5.73 Å². The molecule has 1 aromatic heterocycles. The molecule has 0 amide bonds. The molecule has 0 radical (unpaired) electrons. The first-order valence-corrected chi connectivity index (χ1v) is 6.11. The number of benzene rings is 1. The molecule has 0 aliphatic heterocycles. The molecule has 0 unspecified atom stereocenters. The van der Waals surface area contributed by atoms with Crippen LogP contribution in [-0.2, 0) is 13.1 Å². The minimum Gasteiger partial charge on any atom is -0.369 e. The third-order valence-corrected chi connectivity index (χ3v) is 3.01. The van der Waals surface area contributed by atoms with Gasteiger partial charge in [0.25, 0.3) is 0 Å². The van der Waals surface area contributed by atoms with Gasteiger partial charge in [-0.05, 0) is 24.6 Å². The largest absolute Gasteiger partial charge is 0.369 e. The van der Waals surface area contributed by atoms with Gasteiger partial charge >= 0.3 is 0 Å². The predicted molar refractivity (Wildman–Crippen MR) is 75.4 cm³/mol. The van der Waals surface area contributed by atoms with E-state index in [4.69, 9.17) is 5.73 Å². The first-order valence-electron chi connectivity index (χ1n) is 6.11. The number of nitrogens with two attached hydrogens (primary N) is 1. The Morgan fingerprint density at radius 2 is 1.89 bits per heavy atom. The zero-order valence-electron chi connectivity index (χ0n) is 10.9. The Kier molecular flexibility index (Phi) is 3.95. The van der Waals surface area contributed by atoms with Crippen LogP contribution >= 0.6 is 0 Å². The van der Waals surface area contributed by atoms with E-state index in [0.29, 0.717) is 6.54 Å². The van der Waals surface area contributed by atoms with Crippen LogP contribution in [0.4, 0.5) is 5.69 Å². The Morgan fingerprint density at radius 1 is 1.17 bits per heavy atom. The SMILES string of the molecule is Cc1ccc(CN(C)c2cccnc2CN)cc1. The molecule has 1 aromatic carbocycles. The Labute approximate surface area is 108 Å². The average Bonchev–Trinajstić information content (AvgIpc) is 2.41. The monoisotopic (exact) mass is 241 g/mol. The number of pyridine rings is 1. The lowest BCUT2D eigenvalue weighted by molar-refractivity contribution is 0.883. The fourth-order valence-corrected chi connectivity index (χ4v) is 1.99. The van der Waals surface area contributed by atoms with E-state index in [-0.39, 0.29) is 0 Å². The summed E-state index contributed by atoms with van der Waals surface area (Å²) in [4.78, 5) is 6.49. The van der Waals surface area contributed by atoms with Crippen molar-refractivity contribution in [3.63, 3.8) is 0 Å². The van der Waals surface area contributed by atoms with E-state index < -0.39 is 0 Å². The van der Waals surface area contributed by atoms with Gasteiger partial charge in [0.15, 0.2) is 0 Å². The number of aromatic nitrogens is 1. The molecule has 2 rings (SSSR count). The fourth-order valence-electron chi connectivity index (χ4n) is 1.99. The molecule has 2 N–H and O–H groups in total. The van der Waals surface area contributed by atoms with Crippen LogP contribution in [0.25, 0.3) is 0 Å². The van der Waals surface area contributed by atoms with Crippen molar-refractivity contribution in [1.82, 2.24) is 4.98 Å². The zero-order valence-corrected chi connectivity index (χ0v) is 10.9. The van der Waals surface area contributed by atoms with Crippen molar-refractivity contribution in [2.45, 2.75) is 20.0 Å². The van der Waals surface area contributed by atoms with E-state index >= 15 is 0 Å². The van der Waals surface area contributed by atoms with Crippen LogP contribution < -0.4 is 10.6 Å². The van der Waals surface area contributed by atoms with Crippen molar-refractivity contribution in [1.29, 1.82) is 0 Å². The molecule has 0 aliphatic carbocycles. The Bertz CT molecular complexity index is 505. The van der Waals surface area contributed by atoms with Crippen molar-refractivity contribution < 1.29 is 0 Å². The van der Waals surface area contributed by atoms with E-state index in [1.54, 1.807) is 6.20 Å². The molecule has 18 heavy (non-hydrogen) atoms. The number of aryl methyl sites for hydroxylation is 1. The summed E-state index contributed by atoms with van der Waals surface area (Å²) in [5.41, 5.74) is 10.3. The standard InChI is InChI=1S/C15H19N3/c1-12-5-7-13(8-6-12)11-18(2)15-4-3-9-17-14(15)10-16/h3-9H,10-11,16H2,1-2H3. The van der Waals surface area contributed by atoms with Crippen molar-refractivity contribution >= 4 is 5.69 Å². The number of hydrogen-bond acceptors (Lipinski definition) is 3. The van der Waals surface area contributed by atoms with Crippen molar-refractivity contribution in [3.8, 4) is 0 Å². The molecule has 0 atom stereocenters. The second-order valence-corrected chi connectivity index (χ2v) is 4.52. The van der Waals surface area contributed by atoms with Gasteiger partial charge in [0.05, 0.1) is 11.4 Å². The quantitative estimate of drug-likeness (QED) is 0.894. The van der Waals surface area contributed by atoms with E-state index in [1.807, 2.05) is 6.07 Å². The minimum absolute atomic E-state index is 0.467. The van der Waals surface area contributed by atoms with Crippen LogP contribution in [0.2, 0.25) is 0 Å². The van der Waals surface area contributed by atoms with Gasteiger partial charge in [-0.15, -0.1) is 0 Å². The number of rotatable bonds is 4. The van der Waals surface area contributed by atoms with Gasteiger partial charge in [-0.25, -0.2) is 0 Å². The zero-order chi connectivity index (χ0) is 13.0. The molecular formula is C15H19N3. The minimum atomic E-state index is 0.467. The van der Waals surface area contributed by atoms with E-state index in [2.05, 4.69) is 54.2 Å². The first kappa shape index (κ1) is 12.6. The highest BCUT2D eigenvalue weighted by molar-refractivity contribution is 5.50. The Morgan fingerprint density at radius 3 is 2.56 bits per heavy atom. The molecule has 0 fully saturated rings. The molecule has 0 saturated carbocycles. The lowest BCUT2D eigenvalue weighted by atomic mass is 10.1. The van der Waals surface area contributed by atoms with Gasteiger partial charge < -0.3 is 10.6 Å². The van der Waals surface area contributed by atoms with Crippen LogP contribution in [0, 0.1) is 6.92 Å². The van der Waals surface area contributed by atoms with Crippen LogP contribution in [0.15, 0.2) is 42.6 Å². The molecule has 94 valence electrons. The highest BCUT2D eigenvalue weighted by atomic mass is 15.1. The third kappa shape index (κ3) is 2.87. The van der Waals surface area contributed by atoms with Crippen molar-refractivity contribution in [2.75, 3.05) is 11.9 Å². The highest BCUT2D eigenvalue weighted by Gasteiger charge is 2.07. The van der Waals surface area contributed by atoms with Crippen LogP contribution in [0.3, 0.4) is 0 Å². The van der Waals surface area contributed by atoms with E-state index in [1.165, 1.54) is 11.1 Å². The Hall–Kier alpha value is -1.87. The van der Waals surface area contributed by atoms with E-state index in [0.717, 1.165) is 17.9 Å². The molecule has 2 aromatic rings. The summed E-state index contributed by atoms with van der Waals surface area (Å²) < 4.78 is 0. The molecule has 1 heterocycles. The van der Waals surface area contributed by atoms with Gasteiger partial charge in [-0.3, -0.25) is 4.98 Å².